The number of carbonyl (C=O) groups excluding carboxylic acids is 1. The largest absolute Gasteiger partial charge is 0.497 e. The summed E-state index contributed by atoms with van der Waals surface area (Å²) in [6, 6.07) is 9.75. The molecule has 0 aliphatic heterocycles. The summed E-state index contributed by atoms with van der Waals surface area (Å²) in [6.07, 6.45) is 1.98. The fourth-order valence-corrected chi connectivity index (χ4v) is 3.54. The van der Waals surface area contributed by atoms with Gasteiger partial charge in [-0.3, -0.25) is 9.59 Å². The number of fused-ring (bicyclic) bond motifs is 1. The molecule has 154 valence electrons. The number of pyridine rings is 1. The van der Waals surface area contributed by atoms with Crippen LogP contribution in [0.2, 0.25) is 0 Å². The molecule has 0 aliphatic rings. The fraction of sp³-hybridized carbons (Fsp3) is 0.364. The van der Waals surface area contributed by atoms with Gasteiger partial charge in [0.05, 0.1) is 13.7 Å². The highest BCUT2D eigenvalue weighted by atomic mass is 16.5. The first kappa shape index (κ1) is 20.7. The Morgan fingerprint density at radius 3 is 2.62 bits per heavy atom. The first-order valence-corrected chi connectivity index (χ1v) is 9.57. The lowest BCUT2D eigenvalue weighted by Gasteiger charge is -2.14. The monoisotopic (exact) mass is 397 g/mol. The van der Waals surface area contributed by atoms with Gasteiger partial charge in [0.1, 0.15) is 11.3 Å². The number of hydrogen-bond donors (Lipinski definition) is 1. The number of aromatic nitrogens is 2. The minimum atomic E-state index is -0.350. The first-order valence-electron chi connectivity index (χ1n) is 9.57. The molecule has 1 amide bonds. The summed E-state index contributed by atoms with van der Waals surface area (Å²) in [5.74, 6) is 0.458. The van der Waals surface area contributed by atoms with Crippen molar-refractivity contribution in [2.45, 2.75) is 26.9 Å². The van der Waals surface area contributed by atoms with Gasteiger partial charge in [-0.25, -0.2) is 0 Å². The summed E-state index contributed by atoms with van der Waals surface area (Å²) in [5, 5.41) is 3.95. The topological polar surface area (TPSA) is 74.5 Å². The van der Waals surface area contributed by atoms with E-state index in [0.717, 1.165) is 22.3 Å². The Bertz CT molecular complexity index is 1080. The third kappa shape index (κ3) is 4.35. The average Bonchev–Trinajstić information content (AvgIpc) is 3.09. The highest BCUT2D eigenvalue weighted by molar-refractivity contribution is 5.95. The smallest absolute Gasteiger partial charge is 0.263 e. The molecule has 0 saturated heterocycles. The zero-order valence-corrected chi connectivity index (χ0v) is 17.3. The van der Waals surface area contributed by atoms with Crippen LogP contribution in [0.1, 0.15) is 21.6 Å². The molecule has 7 heteroatoms. The molecule has 0 fully saturated rings. The van der Waals surface area contributed by atoms with Crippen molar-refractivity contribution in [2.24, 2.45) is 0 Å². The Morgan fingerprint density at radius 2 is 1.90 bits per heavy atom. The molecule has 29 heavy (non-hydrogen) atoms. The van der Waals surface area contributed by atoms with Gasteiger partial charge in [0.2, 0.25) is 0 Å². The number of amides is 1. The molecule has 0 aliphatic carbocycles. The van der Waals surface area contributed by atoms with Crippen molar-refractivity contribution in [1.82, 2.24) is 14.5 Å². The van der Waals surface area contributed by atoms with Crippen LogP contribution in [0.5, 0.6) is 5.75 Å². The molecular weight excluding hydrogens is 370 g/mol. The van der Waals surface area contributed by atoms with Crippen molar-refractivity contribution in [3.63, 3.8) is 0 Å². The van der Waals surface area contributed by atoms with Crippen molar-refractivity contribution in [1.29, 1.82) is 0 Å². The predicted octanol–water partition coefficient (Wildman–Crippen LogP) is 2.50. The normalized spacial score (nSPS) is 11.0. The molecule has 0 unspecified atom stereocenters. The third-order valence-corrected chi connectivity index (χ3v) is 5.07. The molecule has 0 spiro atoms. The fourth-order valence-electron chi connectivity index (χ4n) is 3.54. The van der Waals surface area contributed by atoms with Crippen LogP contribution in [0.4, 0.5) is 0 Å². The Balaban J connectivity index is 1.72. The van der Waals surface area contributed by atoms with Gasteiger partial charge < -0.3 is 23.9 Å². The zero-order valence-electron chi connectivity index (χ0n) is 17.3. The second kappa shape index (κ2) is 8.96. The lowest BCUT2D eigenvalue weighted by molar-refractivity contribution is 0.0949. The number of carbonyl (C=O) groups is 1. The number of hydrogen-bond acceptors (Lipinski definition) is 4. The maximum Gasteiger partial charge on any atom is 0.263 e. The van der Waals surface area contributed by atoms with Gasteiger partial charge in [-0.15, -0.1) is 0 Å². The van der Waals surface area contributed by atoms with Crippen LogP contribution in [0.25, 0.3) is 10.9 Å². The van der Waals surface area contributed by atoms with Gasteiger partial charge >= 0.3 is 0 Å². The Kier molecular flexibility index (Phi) is 6.39. The molecule has 0 bridgehead atoms. The number of methoxy groups -OCH3 is 2. The van der Waals surface area contributed by atoms with Crippen LogP contribution >= 0.6 is 0 Å². The number of ether oxygens (including phenoxy) is 2. The van der Waals surface area contributed by atoms with Gasteiger partial charge in [-0.2, -0.15) is 0 Å². The van der Waals surface area contributed by atoms with Crippen LogP contribution in [-0.2, 0) is 17.8 Å². The molecule has 2 aromatic heterocycles. The molecule has 3 aromatic rings. The van der Waals surface area contributed by atoms with E-state index in [1.165, 1.54) is 0 Å². The maximum atomic E-state index is 12.8. The quantitative estimate of drug-likeness (QED) is 0.634. The van der Waals surface area contributed by atoms with Crippen LogP contribution in [0, 0.1) is 13.8 Å². The Hall–Kier alpha value is -3.06. The standard InChI is InChI=1S/C22H27N3O4/c1-15-13-16(2)25(11-12-28-3)22(27)20(15)21(26)23-8-10-24-9-7-17-14-18(29-4)5-6-19(17)24/h5-7,9,13-14H,8,10-12H2,1-4H3,(H,23,26). The molecule has 0 saturated carbocycles. The van der Waals surface area contributed by atoms with Crippen molar-refractivity contribution in [3.05, 3.63) is 63.7 Å². The SMILES string of the molecule is COCCn1c(C)cc(C)c(C(=O)NCCn2ccc3cc(OC)ccc32)c1=O. The number of nitrogens with zero attached hydrogens (tertiary/aromatic N) is 2. The van der Waals surface area contributed by atoms with E-state index in [1.54, 1.807) is 25.7 Å². The number of aryl methyl sites for hydroxylation is 2. The van der Waals surface area contributed by atoms with Gasteiger partial charge in [0.25, 0.3) is 11.5 Å². The lowest BCUT2D eigenvalue weighted by Crippen LogP contribution is -2.36. The zero-order chi connectivity index (χ0) is 21.0. The van der Waals surface area contributed by atoms with Gasteiger partial charge in [-0.1, -0.05) is 0 Å². The number of nitrogens with one attached hydrogen (secondary N) is 1. The Morgan fingerprint density at radius 1 is 1.10 bits per heavy atom. The van der Waals surface area contributed by atoms with E-state index in [1.807, 2.05) is 43.5 Å². The van der Waals surface area contributed by atoms with E-state index in [-0.39, 0.29) is 17.0 Å². The van der Waals surface area contributed by atoms with Crippen molar-refractivity contribution in [2.75, 3.05) is 27.4 Å². The van der Waals surface area contributed by atoms with Crippen LogP contribution in [0.3, 0.4) is 0 Å². The summed E-state index contributed by atoms with van der Waals surface area (Å²) in [4.78, 5) is 25.5. The summed E-state index contributed by atoms with van der Waals surface area (Å²) in [6.45, 7) is 5.50. The van der Waals surface area contributed by atoms with E-state index in [4.69, 9.17) is 9.47 Å². The van der Waals surface area contributed by atoms with Gasteiger partial charge in [0.15, 0.2) is 0 Å². The highest BCUT2D eigenvalue weighted by Gasteiger charge is 2.17. The summed E-state index contributed by atoms with van der Waals surface area (Å²) in [7, 11) is 3.23. The molecule has 3 rings (SSSR count). The Labute approximate surface area is 169 Å². The van der Waals surface area contributed by atoms with Crippen LogP contribution in [-0.4, -0.2) is 42.4 Å². The van der Waals surface area contributed by atoms with E-state index in [0.29, 0.717) is 31.8 Å². The van der Waals surface area contributed by atoms with Gasteiger partial charge in [-0.05, 0) is 49.7 Å². The molecular formula is C22H27N3O4. The molecule has 1 N–H and O–H groups in total. The first-order chi connectivity index (χ1) is 14.0. The van der Waals surface area contributed by atoms with Crippen molar-refractivity contribution in [3.8, 4) is 5.75 Å². The molecule has 1 aromatic carbocycles. The van der Waals surface area contributed by atoms with Crippen LogP contribution < -0.4 is 15.6 Å². The summed E-state index contributed by atoms with van der Waals surface area (Å²) in [5.41, 5.74) is 2.46. The molecule has 7 nitrogen and oxygen atoms in total. The highest BCUT2D eigenvalue weighted by Crippen LogP contribution is 2.21. The third-order valence-electron chi connectivity index (χ3n) is 5.07. The minimum absolute atomic E-state index is 0.189. The average molecular weight is 397 g/mol. The van der Waals surface area contributed by atoms with Crippen molar-refractivity contribution < 1.29 is 14.3 Å². The van der Waals surface area contributed by atoms with E-state index in [2.05, 4.69) is 9.88 Å². The molecule has 0 radical (unpaired) electrons. The maximum absolute atomic E-state index is 12.8. The molecule has 2 heterocycles. The van der Waals surface area contributed by atoms with Crippen molar-refractivity contribution >= 4 is 16.8 Å². The lowest BCUT2D eigenvalue weighted by atomic mass is 10.1. The van der Waals surface area contributed by atoms with E-state index >= 15 is 0 Å². The number of benzene rings is 1. The summed E-state index contributed by atoms with van der Waals surface area (Å²) < 4.78 is 14.0. The van der Waals surface area contributed by atoms with Crippen LogP contribution in [0.15, 0.2) is 41.3 Å². The predicted molar refractivity (Wildman–Crippen MR) is 113 cm³/mol. The second-order valence-corrected chi connectivity index (χ2v) is 6.98. The minimum Gasteiger partial charge on any atom is -0.497 e. The van der Waals surface area contributed by atoms with Gasteiger partial charge in [0, 0.05) is 49.5 Å². The second-order valence-electron chi connectivity index (χ2n) is 6.98. The number of rotatable bonds is 8. The summed E-state index contributed by atoms with van der Waals surface area (Å²) >= 11 is 0. The molecule has 0 atom stereocenters. The van der Waals surface area contributed by atoms with E-state index < -0.39 is 0 Å². The van der Waals surface area contributed by atoms with E-state index in [9.17, 15) is 9.59 Å².